The van der Waals surface area contributed by atoms with Crippen LogP contribution in [0.4, 0.5) is 0 Å². The molecule has 0 bridgehead atoms. The van der Waals surface area contributed by atoms with E-state index >= 15 is 0 Å². The van der Waals surface area contributed by atoms with Crippen molar-refractivity contribution < 1.29 is 0 Å². The summed E-state index contributed by atoms with van der Waals surface area (Å²) in [6.07, 6.45) is 5.35. The third kappa shape index (κ3) is 4.39. The van der Waals surface area contributed by atoms with Gasteiger partial charge in [-0.15, -0.1) is 0 Å². The van der Waals surface area contributed by atoms with Crippen LogP contribution in [0.15, 0.2) is 22.8 Å². The van der Waals surface area contributed by atoms with Crippen molar-refractivity contribution in [1.82, 2.24) is 10.3 Å². The van der Waals surface area contributed by atoms with Crippen LogP contribution in [0.5, 0.6) is 0 Å². The predicted octanol–water partition coefficient (Wildman–Crippen LogP) is 2.39. The highest BCUT2D eigenvalue weighted by atomic mass is 79.9. The second kappa shape index (κ2) is 6.11. The molecule has 1 aromatic heterocycles. The van der Waals surface area contributed by atoms with E-state index in [1.807, 2.05) is 19.3 Å². The van der Waals surface area contributed by atoms with Gasteiger partial charge in [-0.2, -0.15) is 0 Å². The van der Waals surface area contributed by atoms with Crippen LogP contribution < -0.4 is 5.32 Å². The molecule has 0 aliphatic heterocycles. The lowest BCUT2D eigenvalue weighted by molar-refractivity contribution is 0.671. The Hall–Kier alpha value is -0.410. The number of hydrogen-bond acceptors (Lipinski definition) is 2. The highest BCUT2D eigenvalue weighted by Crippen LogP contribution is 2.08. The molecule has 13 heavy (non-hydrogen) atoms. The Balaban J connectivity index is 2.25. The lowest BCUT2D eigenvalue weighted by Gasteiger charge is -2.00. The van der Waals surface area contributed by atoms with Gasteiger partial charge in [0, 0.05) is 16.4 Å². The average Bonchev–Trinajstić information content (AvgIpc) is 2.15. The molecule has 0 unspecified atom stereocenters. The average molecular weight is 243 g/mol. The standard InChI is InChI=1S/C10H15BrN2/c1-12-7-3-2-4-10-6-5-9(11)8-13-10/h5-6,8,12H,2-4,7H2,1H3. The molecule has 0 aliphatic carbocycles. The SMILES string of the molecule is CNCCCCc1ccc(Br)cn1. The Bertz CT molecular complexity index is 233. The third-order valence-corrected chi connectivity index (χ3v) is 2.37. The quantitative estimate of drug-likeness (QED) is 0.803. The molecule has 0 atom stereocenters. The smallest absolute Gasteiger partial charge is 0.0413 e. The summed E-state index contributed by atoms with van der Waals surface area (Å²) in [5.74, 6) is 0. The second-order valence-corrected chi connectivity index (χ2v) is 3.94. The summed E-state index contributed by atoms with van der Waals surface area (Å²) >= 11 is 3.37. The zero-order valence-corrected chi connectivity index (χ0v) is 9.47. The normalized spacial score (nSPS) is 10.3. The summed E-state index contributed by atoms with van der Waals surface area (Å²) in [5, 5.41) is 3.14. The van der Waals surface area contributed by atoms with Crippen LogP contribution in [0.3, 0.4) is 0 Å². The van der Waals surface area contributed by atoms with Crippen molar-refractivity contribution >= 4 is 15.9 Å². The second-order valence-electron chi connectivity index (χ2n) is 3.03. The Kier molecular flexibility index (Phi) is 5.01. The lowest BCUT2D eigenvalue weighted by Crippen LogP contribution is -2.07. The maximum atomic E-state index is 4.31. The van der Waals surface area contributed by atoms with Crippen LogP contribution in [0.2, 0.25) is 0 Å². The number of aryl methyl sites for hydroxylation is 1. The molecule has 1 heterocycles. The summed E-state index contributed by atoms with van der Waals surface area (Å²) < 4.78 is 1.05. The Labute approximate surface area is 87.9 Å². The van der Waals surface area contributed by atoms with Crippen molar-refractivity contribution in [2.75, 3.05) is 13.6 Å². The van der Waals surface area contributed by atoms with E-state index in [4.69, 9.17) is 0 Å². The number of rotatable bonds is 5. The lowest BCUT2D eigenvalue weighted by atomic mass is 10.2. The first-order valence-electron chi connectivity index (χ1n) is 4.58. The molecular formula is C10H15BrN2. The summed E-state index contributed by atoms with van der Waals surface area (Å²) in [7, 11) is 1.98. The topological polar surface area (TPSA) is 24.9 Å². The molecule has 0 amide bonds. The van der Waals surface area contributed by atoms with Gasteiger partial charge in [-0.3, -0.25) is 4.98 Å². The first-order chi connectivity index (χ1) is 6.33. The largest absolute Gasteiger partial charge is 0.320 e. The Morgan fingerprint density at radius 3 is 2.85 bits per heavy atom. The van der Waals surface area contributed by atoms with E-state index in [0.29, 0.717) is 0 Å². The van der Waals surface area contributed by atoms with E-state index in [9.17, 15) is 0 Å². The summed E-state index contributed by atoms with van der Waals surface area (Å²) in [5.41, 5.74) is 1.18. The van der Waals surface area contributed by atoms with Gasteiger partial charge in [-0.05, 0) is 60.9 Å². The summed E-state index contributed by atoms with van der Waals surface area (Å²) in [4.78, 5) is 4.31. The molecule has 0 radical (unpaired) electrons. The number of unbranched alkanes of at least 4 members (excludes halogenated alkanes) is 1. The predicted molar refractivity (Wildman–Crippen MR) is 58.8 cm³/mol. The van der Waals surface area contributed by atoms with E-state index < -0.39 is 0 Å². The molecule has 3 heteroatoms. The Morgan fingerprint density at radius 2 is 2.23 bits per heavy atom. The van der Waals surface area contributed by atoms with Gasteiger partial charge in [0.15, 0.2) is 0 Å². The highest BCUT2D eigenvalue weighted by Gasteiger charge is 1.94. The van der Waals surface area contributed by atoms with Crippen LogP contribution in [-0.2, 0) is 6.42 Å². The maximum absolute atomic E-state index is 4.31. The van der Waals surface area contributed by atoms with Crippen molar-refractivity contribution in [1.29, 1.82) is 0 Å². The molecule has 1 aromatic rings. The van der Waals surface area contributed by atoms with Gasteiger partial charge in [0.05, 0.1) is 0 Å². The van der Waals surface area contributed by atoms with E-state index in [2.05, 4.69) is 32.3 Å². The van der Waals surface area contributed by atoms with Crippen molar-refractivity contribution in [2.45, 2.75) is 19.3 Å². The van der Waals surface area contributed by atoms with Gasteiger partial charge in [0.25, 0.3) is 0 Å². The fraction of sp³-hybridized carbons (Fsp3) is 0.500. The van der Waals surface area contributed by atoms with Gasteiger partial charge in [-0.25, -0.2) is 0 Å². The van der Waals surface area contributed by atoms with Crippen LogP contribution in [0, 0.1) is 0 Å². The molecule has 1 rings (SSSR count). The molecule has 0 spiro atoms. The molecule has 1 N–H and O–H groups in total. The van der Waals surface area contributed by atoms with Gasteiger partial charge in [-0.1, -0.05) is 0 Å². The van der Waals surface area contributed by atoms with E-state index in [0.717, 1.165) is 17.4 Å². The van der Waals surface area contributed by atoms with Crippen molar-refractivity contribution in [3.63, 3.8) is 0 Å². The van der Waals surface area contributed by atoms with Crippen LogP contribution in [-0.4, -0.2) is 18.6 Å². The molecule has 0 aliphatic rings. The molecule has 72 valence electrons. The Morgan fingerprint density at radius 1 is 1.38 bits per heavy atom. The van der Waals surface area contributed by atoms with E-state index in [1.165, 1.54) is 18.5 Å². The number of pyridine rings is 1. The van der Waals surface area contributed by atoms with E-state index in [1.54, 1.807) is 0 Å². The number of nitrogens with zero attached hydrogens (tertiary/aromatic N) is 1. The van der Waals surface area contributed by atoms with Gasteiger partial charge in [0.1, 0.15) is 0 Å². The summed E-state index contributed by atoms with van der Waals surface area (Å²) in [6.45, 7) is 1.09. The molecule has 0 saturated carbocycles. The number of aromatic nitrogens is 1. The minimum atomic E-state index is 1.05. The maximum Gasteiger partial charge on any atom is 0.0413 e. The highest BCUT2D eigenvalue weighted by molar-refractivity contribution is 9.10. The number of halogens is 1. The van der Waals surface area contributed by atoms with Crippen molar-refractivity contribution in [3.05, 3.63) is 28.5 Å². The minimum Gasteiger partial charge on any atom is -0.320 e. The minimum absolute atomic E-state index is 1.05. The van der Waals surface area contributed by atoms with Crippen LogP contribution in [0.25, 0.3) is 0 Å². The molecule has 0 aromatic carbocycles. The monoisotopic (exact) mass is 242 g/mol. The van der Waals surface area contributed by atoms with Crippen molar-refractivity contribution in [3.8, 4) is 0 Å². The van der Waals surface area contributed by atoms with E-state index in [-0.39, 0.29) is 0 Å². The van der Waals surface area contributed by atoms with Gasteiger partial charge < -0.3 is 5.32 Å². The first kappa shape index (κ1) is 10.7. The van der Waals surface area contributed by atoms with Crippen LogP contribution >= 0.6 is 15.9 Å². The van der Waals surface area contributed by atoms with Gasteiger partial charge >= 0.3 is 0 Å². The zero-order chi connectivity index (χ0) is 9.52. The summed E-state index contributed by atoms with van der Waals surface area (Å²) in [6, 6.07) is 4.11. The van der Waals surface area contributed by atoms with Crippen molar-refractivity contribution in [2.24, 2.45) is 0 Å². The molecular weight excluding hydrogens is 228 g/mol. The molecule has 0 saturated heterocycles. The molecule has 2 nitrogen and oxygen atoms in total. The van der Waals surface area contributed by atoms with Crippen LogP contribution in [0.1, 0.15) is 18.5 Å². The zero-order valence-electron chi connectivity index (χ0n) is 7.89. The fourth-order valence-corrected chi connectivity index (χ4v) is 1.40. The number of nitrogens with one attached hydrogen (secondary N) is 1. The number of hydrogen-bond donors (Lipinski definition) is 1. The third-order valence-electron chi connectivity index (χ3n) is 1.90. The first-order valence-corrected chi connectivity index (χ1v) is 5.37. The fourth-order valence-electron chi connectivity index (χ4n) is 1.16. The van der Waals surface area contributed by atoms with Gasteiger partial charge in [0.2, 0.25) is 0 Å². The molecule has 0 fully saturated rings.